The number of rotatable bonds is 4. The standard InChI is InChI=1S/C17H25N3O2.HI/c18-17(19-9-8-13-4-1-2-5-13)20-14-6-7-15-16(12-14)22-11-3-10-21-15;/h6-7,12-13H,1-5,8-11H2,(H3,18,19,20);1H. The fraction of sp³-hybridized carbons (Fsp3) is 0.588. The molecule has 6 heteroatoms. The molecule has 0 spiro atoms. The van der Waals surface area contributed by atoms with Crippen molar-refractivity contribution in [1.82, 2.24) is 0 Å². The van der Waals surface area contributed by atoms with E-state index in [1.54, 1.807) is 0 Å². The van der Waals surface area contributed by atoms with Crippen LogP contribution >= 0.6 is 24.0 Å². The van der Waals surface area contributed by atoms with Crippen LogP contribution in [0.1, 0.15) is 38.5 Å². The molecule has 1 aliphatic heterocycles. The molecule has 0 amide bonds. The highest BCUT2D eigenvalue weighted by atomic mass is 127. The smallest absolute Gasteiger partial charge is 0.193 e. The van der Waals surface area contributed by atoms with E-state index in [9.17, 15) is 0 Å². The van der Waals surface area contributed by atoms with Crippen molar-refractivity contribution in [2.24, 2.45) is 16.6 Å². The zero-order valence-electron chi connectivity index (χ0n) is 13.4. The van der Waals surface area contributed by atoms with Crippen LogP contribution in [-0.2, 0) is 0 Å². The lowest BCUT2D eigenvalue weighted by molar-refractivity contribution is 0.297. The van der Waals surface area contributed by atoms with Crippen LogP contribution in [0.2, 0.25) is 0 Å². The number of nitrogens with one attached hydrogen (secondary N) is 1. The SMILES string of the molecule is I.NC(=NCCC1CCCC1)Nc1ccc2c(c1)OCCCO2. The maximum atomic E-state index is 5.96. The Morgan fingerprint density at radius 1 is 1.13 bits per heavy atom. The number of hydrogen-bond acceptors (Lipinski definition) is 3. The second kappa shape index (κ2) is 9.20. The Balaban J connectivity index is 0.00000192. The minimum atomic E-state index is 0. The summed E-state index contributed by atoms with van der Waals surface area (Å²) in [5.41, 5.74) is 6.85. The van der Waals surface area contributed by atoms with Crippen LogP contribution in [0.25, 0.3) is 0 Å². The van der Waals surface area contributed by atoms with Gasteiger partial charge < -0.3 is 20.5 Å². The zero-order chi connectivity index (χ0) is 15.2. The van der Waals surface area contributed by atoms with Crippen molar-refractivity contribution in [2.45, 2.75) is 38.5 Å². The molecular formula is C17H26IN3O2. The van der Waals surface area contributed by atoms with Gasteiger partial charge in [0.15, 0.2) is 17.5 Å². The highest BCUT2D eigenvalue weighted by Gasteiger charge is 2.14. The summed E-state index contributed by atoms with van der Waals surface area (Å²) in [5, 5.41) is 3.13. The number of nitrogens with two attached hydrogens (primary N) is 1. The number of aliphatic imine (C=N–C) groups is 1. The largest absolute Gasteiger partial charge is 0.490 e. The molecule has 0 unspecified atom stereocenters. The molecule has 1 heterocycles. The van der Waals surface area contributed by atoms with E-state index in [0.717, 1.165) is 42.5 Å². The molecule has 0 saturated heterocycles. The lowest BCUT2D eigenvalue weighted by Gasteiger charge is -2.11. The minimum Gasteiger partial charge on any atom is -0.490 e. The number of fused-ring (bicyclic) bond motifs is 1. The van der Waals surface area contributed by atoms with Crippen molar-refractivity contribution in [2.75, 3.05) is 25.1 Å². The molecule has 23 heavy (non-hydrogen) atoms. The van der Waals surface area contributed by atoms with E-state index in [2.05, 4.69) is 10.3 Å². The summed E-state index contributed by atoms with van der Waals surface area (Å²) < 4.78 is 11.3. The normalized spacial score (nSPS) is 18.2. The Morgan fingerprint density at radius 3 is 2.65 bits per heavy atom. The van der Waals surface area contributed by atoms with Gasteiger partial charge in [-0.3, -0.25) is 4.99 Å². The van der Waals surface area contributed by atoms with Gasteiger partial charge in [-0.15, -0.1) is 24.0 Å². The average molecular weight is 431 g/mol. The van der Waals surface area contributed by atoms with E-state index in [-0.39, 0.29) is 24.0 Å². The second-order valence-electron chi connectivity index (χ2n) is 6.04. The van der Waals surface area contributed by atoms with Gasteiger partial charge in [-0.1, -0.05) is 25.7 Å². The third-order valence-electron chi connectivity index (χ3n) is 4.31. The average Bonchev–Trinajstić information content (AvgIpc) is 2.91. The number of benzene rings is 1. The molecule has 5 nitrogen and oxygen atoms in total. The van der Waals surface area contributed by atoms with Crippen molar-refractivity contribution in [3.8, 4) is 11.5 Å². The molecule has 0 aromatic heterocycles. The first-order valence-corrected chi connectivity index (χ1v) is 8.28. The summed E-state index contributed by atoms with van der Waals surface area (Å²) in [6.45, 7) is 2.18. The summed E-state index contributed by atoms with van der Waals surface area (Å²) in [5.74, 6) is 2.86. The Kier molecular flexibility index (Phi) is 7.26. The third kappa shape index (κ3) is 5.44. The molecule has 2 aliphatic rings. The zero-order valence-corrected chi connectivity index (χ0v) is 15.8. The van der Waals surface area contributed by atoms with E-state index in [0.29, 0.717) is 19.2 Å². The van der Waals surface area contributed by atoms with Crippen LogP contribution in [-0.4, -0.2) is 25.7 Å². The van der Waals surface area contributed by atoms with Gasteiger partial charge in [-0.2, -0.15) is 0 Å². The number of anilines is 1. The number of nitrogens with zero attached hydrogens (tertiary/aromatic N) is 1. The van der Waals surface area contributed by atoms with Gasteiger partial charge in [0.1, 0.15) is 0 Å². The topological polar surface area (TPSA) is 68.9 Å². The number of ether oxygens (including phenoxy) is 2. The number of guanidine groups is 1. The Bertz CT molecular complexity index is 531. The molecular weight excluding hydrogens is 405 g/mol. The first-order chi connectivity index (χ1) is 10.8. The predicted octanol–water partition coefficient (Wildman–Crippen LogP) is 3.77. The third-order valence-corrected chi connectivity index (χ3v) is 4.31. The second-order valence-corrected chi connectivity index (χ2v) is 6.04. The molecule has 3 N–H and O–H groups in total. The first kappa shape index (κ1) is 18.2. The Morgan fingerprint density at radius 2 is 1.87 bits per heavy atom. The Hall–Kier alpha value is -1.18. The summed E-state index contributed by atoms with van der Waals surface area (Å²) in [4.78, 5) is 4.42. The van der Waals surface area contributed by atoms with Crippen LogP contribution in [0.4, 0.5) is 5.69 Å². The fourth-order valence-corrected chi connectivity index (χ4v) is 3.10. The molecule has 128 valence electrons. The van der Waals surface area contributed by atoms with Crippen LogP contribution < -0.4 is 20.5 Å². The molecule has 1 aromatic carbocycles. The lowest BCUT2D eigenvalue weighted by Crippen LogP contribution is -2.23. The van der Waals surface area contributed by atoms with Gasteiger partial charge >= 0.3 is 0 Å². The van der Waals surface area contributed by atoms with Crippen molar-refractivity contribution >= 4 is 35.6 Å². The number of halogens is 1. The van der Waals surface area contributed by atoms with E-state index < -0.39 is 0 Å². The van der Waals surface area contributed by atoms with Crippen LogP contribution in [0.5, 0.6) is 11.5 Å². The van der Waals surface area contributed by atoms with Gasteiger partial charge in [0, 0.05) is 24.7 Å². The first-order valence-electron chi connectivity index (χ1n) is 8.28. The molecule has 0 radical (unpaired) electrons. The highest BCUT2D eigenvalue weighted by Crippen LogP contribution is 2.32. The molecule has 1 fully saturated rings. The van der Waals surface area contributed by atoms with E-state index in [1.165, 1.54) is 25.7 Å². The summed E-state index contributed by atoms with van der Waals surface area (Å²) in [7, 11) is 0. The number of hydrogen-bond donors (Lipinski definition) is 2. The van der Waals surface area contributed by atoms with Crippen molar-refractivity contribution in [3.63, 3.8) is 0 Å². The summed E-state index contributed by atoms with van der Waals surface area (Å²) >= 11 is 0. The van der Waals surface area contributed by atoms with Gasteiger partial charge in [0.2, 0.25) is 0 Å². The van der Waals surface area contributed by atoms with Crippen LogP contribution in [0.3, 0.4) is 0 Å². The van der Waals surface area contributed by atoms with E-state index >= 15 is 0 Å². The van der Waals surface area contributed by atoms with Gasteiger partial charge in [0.25, 0.3) is 0 Å². The van der Waals surface area contributed by atoms with Crippen molar-refractivity contribution in [1.29, 1.82) is 0 Å². The quantitative estimate of drug-likeness (QED) is 0.433. The van der Waals surface area contributed by atoms with Gasteiger partial charge in [0.05, 0.1) is 13.2 Å². The molecule has 1 saturated carbocycles. The predicted molar refractivity (Wildman–Crippen MR) is 104 cm³/mol. The maximum Gasteiger partial charge on any atom is 0.193 e. The van der Waals surface area contributed by atoms with Crippen LogP contribution in [0, 0.1) is 5.92 Å². The fourth-order valence-electron chi connectivity index (χ4n) is 3.10. The van der Waals surface area contributed by atoms with E-state index in [4.69, 9.17) is 15.2 Å². The molecule has 1 aliphatic carbocycles. The van der Waals surface area contributed by atoms with Gasteiger partial charge in [-0.05, 0) is 24.5 Å². The molecule has 1 aromatic rings. The van der Waals surface area contributed by atoms with E-state index in [1.807, 2.05) is 18.2 Å². The van der Waals surface area contributed by atoms with Crippen molar-refractivity contribution < 1.29 is 9.47 Å². The molecule has 3 rings (SSSR count). The highest BCUT2D eigenvalue weighted by molar-refractivity contribution is 14.0. The summed E-state index contributed by atoms with van der Waals surface area (Å²) in [6, 6.07) is 5.77. The maximum absolute atomic E-state index is 5.96. The monoisotopic (exact) mass is 431 g/mol. The minimum absolute atomic E-state index is 0. The summed E-state index contributed by atoms with van der Waals surface area (Å²) in [6.07, 6.45) is 7.50. The Labute approximate surface area is 155 Å². The van der Waals surface area contributed by atoms with Gasteiger partial charge in [-0.25, -0.2) is 0 Å². The van der Waals surface area contributed by atoms with Crippen LogP contribution in [0.15, 0.2) is 23.2 Å². The molecule has 0 atom stereocenters. The van der Waals surface area contributed by atoms with Crippen molar-refractivity contribution in [3.05, 3.63) is 18.2 Å². The molecule has 0 bridgehead atoms. The lowest BCUT2D eigenvalue weighted by atomic mass is 10.0.